The average molecular weight is 197 g/mol. The van der Waals surface area contributed by atoms with Gasteiger partial charge in [-0.2, -0.15) is 0 Å². The Bertz CT molecular complexity index is 268. The summed E-state index contributed by atoms with van der Waals surface area (Å²) in [5, 5.41) is 8.09. The van der Waals surface area contributed by atoms with E-state index in [2.05, 4.69) is 24.2 Å². The van der Waals surface area contributed by atoms with Crippen molar-refractivity contribution in [2.45, 2.75) is 46.3 Å². The molecule has 1 aromatic rings. The SMILES string of the molecule is CC(C)OCCc1cn(C(C)C)nn1. The molecule has 0 atom stereocenters. The minimum absolute atomic E-state index is 0.287. The van der Waals surface area contributed by atoms with Crippen molar-refractivity contribution in [2.24, 2.45) is 0 Å². The van der Waals surface area contributed by atoms with Gasteiger partial charge in [-0.15, -0.1) is 5.10 Å². The molecule has 0 radical (unpaired) electrons. The van der Waals surface area contributed by atoms with Gasteiger partial charge in [0, 0.05) is 18.7 Å². The van der Waals surface area contributed by atoms with Crippen molar-refractivity contribution in [2.75, 3.05) is 6.61 Å². The Balaban J connectivity index is 2.36. The fourth-order valence-corrected chi connectivity index (χ4v) is 1.08. The summed E-state index contributed by atoms with van der Waals surface area (Å²) < 4.78 is 7.30. The molecule has 0 spiro atoms. The highest BCUT2D eigenvalue weighted by molar-refractivity contribution is 4.92. The molecule has 0 bridgehead atoms. The third kappa shape index (κ3) is 3.46. The Morgan fingerprint density at radius 2 is 2.07 bits per heavy atom. The molecule has 4 heteroatoms. The topological polar surface area (TPSA) is 39.9 Å². The highest BCUT2D eigenvalue weighted by Crippen LogP contribution is 2.03. The zero-order valence-corrected chi connectivity index (χ0v) is 9.40. The Morgan fingerprint density at radius 1 is 1.36 bits per heavy atom. The van der Waals surface area contributed by atoms with E-state index in [0.29, 0.717) is 12.6 Å². The lowest BCUT2D eigenvalue weighted by atomic mass is 10.3. The molecule has 0 fully saturated rings. The number of ether oxygens (including phenoxy) is 1. The van der Waals surface area contributed by atoms with E-state index >= 15 is 0 Å². The van der Waals surface area contributed by atoms with Crippen LogP contribution in [0.2, 0.25) is 0 Å². The van der Waals surface area contributed by atoms with E-state index in [1.807, 2.05) is 24.7 Å². The summed E-state index contributed by atoms with van der Waals surface area (Å²) in [4.78, 5) is 0. The second-order valence-electron chi connectivity index (χ2n) is 3.95. The van der Waals surface area contributed by atoms with Crippen molar-refractivity contribution < 1.29 is 4.74 Å². The van der Waals surface area contributed by atoms with Crippen LogP contribution in [-0.4, -0.2) is 27.7 Å². The second-order valence-corrected chi connectivity index (χ2v) is 3.95. The fraction of sp³-hybridized carbons (Fsp3) is 0.800. The van der Waals surface area contributed by atoms with Gasteiger partial charge in [0.15, 0.2) is 0 Å². The summed E-state index contributed by atoms with van der Waals surface area (Å²) in [6.45, 7) is 8.95. The number of hydrogen-bond acceptors (Lipinski definition) is 3. The van der Waals surface area contributed by atoms with Gasteiger partial charge >= 0.3 is 0 Å². The Kier molecular flexibility index (Phi) is 4.07. The number of hydrogen-bond donors (Lipinski definition) is 0. The zero-order valence-electron chi connectivity index (χ0n) is 9.40. The molecule has 1 rings (SSSR count). The standard InChI is InChI=1S/C10H19N3O/c1-8(2)13-7-10(11-12-13)5-6-14-9(3)4/h7-9H,5-6H2,1-4H3. The lowest BCUT2D eigenvalue weighted by Gasteiger charge is -2.05. The fourth-order valence-electron chi connectivity index (χ4n) is 1.08. The van der Waals surface area contributed by atoms with Crippen LogP contribution >= 0.6 is 0 Å². The first-order valence-corrected chi connectivity index (χ1v) is 5.12. The van der Waals surface area contributed by atoms with Crippen LogP contribution in [0.15, 0.2) is 6.20 Å². The van der Waals surface area contributed by atoms with Gasteiger partial charge in [-0.3, -0.25) is 0 Å². The molecule has 0 aliphatic heterocycles. The van der Waals surface area contributed by atoms with Gasteiger partial charge in [-0.1, -0.05) is 5.21 Å². The van der Waals surface area contributed by atoms with Crippen LogP contribution in [0.5, 0.6) is 0 Å². The van der Waals surface area contributed by atoms with Crippen molar-refractivity contribution in [3.8, 4) is 0 Å². The highest BCUT2D eigenvalue weighted by atomic mass is 16.5. The van der Waals surface area contributed by atoms with Crippen LogP contribution < -0.4 is 0 Å². The smallest absolute Gasteiger partial charge is 0.0850 e. The van der Waals surface area contributed by atoms with Crippen LogP contribution in [0.1, 0.15) is 39.4 Å². The van der Waals surface area contributed by atoms with E-state index in [0.717, 1.165) is 12.1 Å². The molecular formula is C10H19N3O. The molecule has 14 heavy (non-hydrogen) atoms. The van der Waals surface area contributed by atoms with E-state index in [1.165, 1.54) is 0 Å². The first-order chi connectivity index (χ1) is 6.59. The minimum atomic E-state index is 0.287. The van der Waals surface area contributed by atoms with Crippen molar-refractivity contribution in [3.05, 3.63) is 11.9 Å². The van der Waals surface area contributed by atoms with E-state index in [9.17, 15) is 0 Å². The van der Waals surface area contributed by atoms with Crippen LogP contribution in [0.3, 0.4) is 0 Å². The Labute approximate surface area is 85.3 Å². The minimum Gasteiger partial charge on any atom is -0.378 e. The number of rotatable bonds is 5. The largest absolute Gasteiger partial charge is 0.378 e. The average Bonchev–Trinajstić information content (AvgIpc) is 2.52. The van der Waals surface area contributed by atoms with Crippen LogP contribution in [0.25, 0.3) is 0 Å². The predicted octanol–water partition coefficient (Wildman–Crippen LogP) is 1.83. The molecule has 0 aliphatic carbocycles. The van der Waals surface area contributed by atoms with E-state index in [1.54, 1.807) is 0 Å². The maximum Gasteiger partial charge on any atom is 0.0850 e. The molecular weight excluding hydrogens is 178 g/mol. The van der Waals surface area contributed by atoms with Crippen LogP contribution in [-0.2, 0) is 11.2 Å². The molecule has 0 saturated heterocycles. The molecule has 1 aromatic heterocycles. The normalized spacial score (nSPS) is 11.6. The highest BCUT2D eigenvalue weighted by Gasteiger charge is 2.03. The molecule has 0 amide bonds. The Morgan fingerprint density at radius 3 is 2.57 bits per heavy atom. The van der Waals surface area contributed by atoms with Gasteiger partial charge in [-0.25, -0.2) is 4.68 Å². The van der Waals surface area contributed by atoms with Crippen molar-refractivity contribution in [3.63, 3.8) is 0 Å². The summed E-state index contributed by atoms with van der Waals surface area (Å²) in [5.41, 5.74) is 0.999. The van der Waals surface area contributed by atoms with Gasteiger partial charge in [-0.05, 0) is 27.7 Å². The molecule has 4 nitrogen and oxygen atoms in total. The summed E-state index contributed by atoms with van der Waals surface area (Å²) >= 11 is 0. The molecule has 0 aliphatic rings. The van der Waals surface area contributed by atoms with Gasteiger partial charge in [0.2, 0.25) is 0 Å². The maximum atomic E-state index is 5.44. The third-order valence-corrected chi connectivity index (χ3v) is 1.90. The third-order valence-electron chi connectivity index (χ3n) is 1.90. The molecule has 0 aromatic carbocycles. The van der Waals surface area contributed by atoms with Gasteiger partial charge in [0.05, 0.1) is 18.4 Å². The summed E-state index contributed by atoms with van der Waals surface area (Å²) in [6, 6.07) is 0.377. The van der Waals surface area contributed by atoms with Crippen molar-refractivity contribution in [1.82, 2.24) is 15.0 Å². The Hall–Kier alpha value is -0.900. The van der Waals surface area contributed by atoms with Crippen LogP contribution in [0, 0.1) is 0 Å². The second kappa shape index (κ2) is 5.10. The maximum absolute atomic E-state index is 5.44. The summed E-state index contributed by atoms with van der Waals surface area (Å²) in [5.74, 6) is 0. The molecule has 0 unspecified atom stereocenters. The van der Waals surface area contributed by atoms with E-state index < -0.39 is 0 Å². The lowest BCUT2D eigenvalue weighted by Crippen LogP contribution is -2.06. The zero-order chi connectivity index (χ0) is 10.6. The molecule has 0 N–H and O–H groups in total. The van der Waals surface area contributed by atoms with Gasteiger partial charge < -0.3 is 4.74 Å². The summed E-state index contributed by atoms with van der Waals surface area (Å²) in [6.07, 6.45) is 3.11. The first-order valence-electron chi connectivity index (χ1n) is 5.12. The van der Waals surface area contributed by atoms with Gasteiger partial charge in [0.25, 0.3) is 0 Å². The van der Waals surface area contributed by atoms with Crippen molar-refractivity contribution >= 4 is 0 Å². The monoisotopic (exact) mass is 197 g/mol. The lowest BCUT2D eigenvalue weighted by molar-refractivity contribution is 0.0809. The van der Waals surface area contributed by atoms with Gasteiger partial charge in [0.1, 0.15) is 0 Å². The quantitative estimate of drug-likeness (QED) is 0.723. The van der Waals surface area contributed by atoms with E-state index in [-0.39, 0.29) is 6.10 Å². The van der Waals surface area contributed by atoms with Crippen LogP contribution in [0.4, 0.5) is 0 Å². The first kappa shape index (κ1) is 11.2. The summed E-state index contributed by atoms with van der Waals surface area (Å²) in [7, 11) is 0. The van der Waals surface area contributed by atoms with E-state index in [4.69, 9.17) is 4.74 Å². The molecule has 0 saturated carbocycles. The number of aromatic nitrogens is 3. The predicted molar refractivity (Wildman–Crippen MR) is 55.2 cm³/mol. The molecule has 80 valence electrons. The molecule has 1 heterocycles. The number of nitrogens with zero attached hydrogens (tertiary/aromatic N) is 3. The van der Waals surface area contributed by atoms with Crippen molar-refractivity contribution in [1.29, 1.82) is 0 Å².